The van der Waals surface area contributed by atoms with Gasteiger partial charge >= 0.3 is 0 Å². The number of hydrogen-bond acceptors (Lipinski definition) is 1. The molecule has 0 saturated carbocycles. The van der Waals surface area contributed by atoms with Gasteiger partial charge < -0.3 is 5.32 Å². The second-order valence-electron chi connectivity index (χ2n) is 8.69. The molecule has 0 aliphatic rings. The van der Waals surface area contributed by atoms with Crippen molar-refractivity contribution in [1.29, 1.82) is 0 Å². The average molecular weight is 477 g/mol. The number of halogens is 2. The summed E-state index contributed by atoms with van der Waals surface area (Å²) in [7, 11) is 0. The molecule has 2 aromatic rings. The Hall–Kier alpha value is -1.51. The minimum atomic E-state index is 0.0234. The molecule has 0 fully saturated rings. The Morgan fingerprint density at radius 2 is 1.28 bits per heavy atom. The van der Waals surface area contributed by atoms with Crippen molar-refractivity contribution in [3.05, 3.63) is 69.2 Å². The van der Waals surface area contributed by atoms with E-state index in [1.54, 1.807) is 0 Å². The van der Waals surface area contributed by atoms with Crippen molar-refractivity contribution in [3.8, 4) is 0 Å². The number of aryl methyl sites for hydroxylation is 1. The first-order valence-electron chi connectivity index (χ1n) is 12.4. The predicted molar refractivity (Wildman–Crippen MR) is 139 cm³/mol. The summed E-state index contributed by atoms with van der Waals surface area (Å²) in [4.78, 5) is 12.3. The van der Waals surface area contributed by atoms with Gasteiger partial charge in [-0.1, -0.05) is 106 Å². The van der Waals surface area contributed by atoms with Crippen molar-refractivity contribution < 1.29 is 4.79 Å². The van der Waals surface area contributed by atoms with E-state index in [0.717, 1.165) is 53.4 Å². The van der Waals surface area contributed by atoms with Gasteiger partial charge in [-0.05, 0) is 61.1 Å². The molecule has 0 bridgehead atoms. The van der Waals surface area contributed by atoms with Gasteiger partial charge in [-0.15, -0.1) is 0 Å². The number of unbranched alkanes of at least 4 members (excludes halogenated alkanes) is 9. The topological polar surface area (TPSA) is 29.1 Å². The zero-order valence-corrected chi connectivity index (χ0v) is 21.1. The second-order valence-corrected chi connectivity index (χ2v) is 9.50. The molecule has 0 aliphatic carbocycles. The number of benzene rings is 2. The van der Waals surface area contributed by atoms with Crippen molar-refractivity contribution in [2.75, 3.05) is 6.54 Å². The van der Waals surface area contributed by atoms with Crippen molar-refractivity contribution in [2.24, 2.45) is 0 Å². The van der Waals surface area contributed by atoms with E-state index in [4.69, 9.17) is 23.2 Å². The zero-order chi connectivity index (χ0) is 23.0. The van der Waals surface area contributed by atoms with Crippen LogP contribution in [0.5, 0.6) is 0 Å². The standard InChI is InChI=1S/C28H39Cl2NO/c1-2-3-4-5-6-7-8-9-10-11-22-31-28(32)24-20-18-23(19-21-24)14-12-15-25-26(29)16-13-17-27(25)30/h13,16-21H,2-12,14-15,22H2,1H3,(H,31,32). The highest BCUT2D eigenvalue weighted by molar-refractivity contribution is 6.35. The fraction of sp³-hybridized carbons (Fsp3) is 0.536. The first-order chi connectivity index (χ1) is 15.6. The van der Waals surface area contributed by atoms with Crippen LogP contribution >= 0.6 is 23.2 Å². The molecule has 1 amide bonds. The van der Waals surface area contributed by atoms with Crippen molar-refractivity contribution in [3.63, 3.8) is 0 Å². The lowest BCUT2D eigenvalue weighted by Crippen LogP contribution is -2.24. The summed E-state index contributed by atoms with van der Waals surface area (Å²) in [6.45, 7) is 3.02. The molecule has 0 aliphatic heterocycles. The molecular weight excluding hydrogens is 437 g/mol. The fourth-order valence-corrected chi connectivity index (χ4v) is 4.57. The van der Waals surface area contributed by atoms with Gasteiger partial charge in [-0.3, -0.25) is 4.79 Å². The summed E-state index contributed by atoms with van der Waals surface area (Å²) in [5.41, 5.74) is 2.97. The Labute approximate surface area is 205 Å². The van der Waals surface area contributed by atoms with Crippen molar-refractivity contribution in [2.45, 2.75) is 90.4 Å². The molecule has 0 spiro atoms. The molecule has 0 atom stereocenters. The highest BCUT2D eigenvalue weighted by Crippen LogP contribution is 2.26. The number of nitrogens with one attached hydrogen (secondary N) is 1. The number of rotatable bonds is 16. The van der Waals surface area contributed by atoms with Gasteiger partial charge in [0.05, 0.1) is 0 Å². The third kappa shape index (κ3) is 10.4. The van der Waals surface area contributed by atoms with E-state index < -0.39 is 0 Å². The number of amides is 1. The molecule has 2 rings (SSSR count). The van der Waals surface area contributed by atoms with Gasteiger partial charge in [0.25, 0.3) is 5.91 Å². The highest BCUT2D eigenvalue weighted by atomic mass is 35.5. The SMILES string of the molecule is CCCCCCCCCCCCNC(=O)c1ccc(CCCc2c(Cl)cccc2Cl)cc1. The van der Waals surface area contributed by atoms with Crippen LogP contribution in [0, 0.1) is 0 Å². The lowest BCUT2D eigenvalue weighted by Gasteiger charge is -2.08. The maximum Gasteiger partial charge on any atom is 0.251 e. The smallest absolute Gasteiger partial charge is 0.251 e. The van der Waals surface area contributed by atoms with Crippen LogP contribution in [0.2, 0.25) is 10.0 Å². The molecular formula is C28H39Cl2NO. The first-order valence-corrected chi connectivity index (χ1v) is 13.2. The molecule has 0 radical (unpaired) electrons. The van der Waals surface area contributed by atoms with E-state index in [-0.39, 0.29) is 5.91 Å². The van der Waals surface area contributed by atoms with E-state index in [0.29, 0.717) is 0 Å². The van der Waals surface area contributed by atoms with Crippen LogP contribution in [-0.4, -0.2) is 12.5 Å². The van der Waals surface area contributed by atoms with Gasteiger partial charge in [0.2, 0.25) is 0 Å². The lowest BCUT2D eigenvalue weighted by atomic mass is 10.0. The summed E-state index contributed by atoms with van der Waals surface area (Å²) < 4.78 is 0. The van der Waals surface area contributed by atoms with E-state index in [2.05, 4.69) is 12.2 Å². The minimum absolute atomic E-state index is 0.0234. The monoisotopic (exact) mass is 475 g/mol. The normalized spacial score (nSPS) is 11.0. The summed E-state index contributed by atoms with van der Waals surface area (Å²) in [6.07, 6.45) is 15.8. The van der Waals surface area contributed by atoms with Gasteiger partial charge in [-0.2, -0.15) is 0 Å². The summed E-state index contributed by atoms with van der Waals surface area (Å²) in [5, 5.41) is 4.51. The van der Waals surface area contributed by atoms with Crippen molar-refractivity contribution >= 4 is 29.1 Å². The summed E-state index contributed by atoms with van der Waals surface area (Å²) in [6, 6.07) is 13.6. The Bertz CT molecular complexity index is 768. The lowest BCUT2D eigenvalue weighted by molar-refractivity contribution is 0.0953. The Balaban J connectivity index is 1.57. The average Bonchev–Trinajstić information content (AvgIpc) is 2.79. The molecule has 4 heteroatoms. The predicted octanol–water partition coefficient (Wildman–Crippen LogP) is 8.82. The molecule has 2 nitrogen and oxygen atoms in total. The van der Waals surface area contributed by atoms with Gasteiger partial charge in [0.15, 0.2) is 0 Å². The number of carbonyl (C=O) groups is 1. The molecule has 2 aromatic carbocycles. The van der Waals surface area contributed by atoms with E-state index in [1.165, 1.54) is 63.4 Å². The van der Waals surface area contributed by atoms with Crippen molar-refractivity contribution in [1.82, 2.24) is 5.32 Å². The molecule has 0 heterocycles. The van der Waals surface area contributed by atoms with Gasteiger partial charge in [0, 0.05) is 22.2 Å². The third-order valence-corrected chi connectivity index (χ3v) is 6.69. The van der Waals surface area contributed by atoms with E-state index >= 15 is 0 Å². The summed E-state index contributed by atoms with van der Waals surface area (Å²) >= 11 is 12.5. The largest absolute Gasteiger partial charge is 0.352 e. The fourth-order valence-electron chi connectivity index (χ4n) is 3.98. The molecule has 0 unspecified atom stereocenters. The van der Waals surface area contributed by atoms with Gasteiger partial charge in [-0.25, -0.2) is 0 Å². The molecule has 32 heavy (non-hydrogen) atoms. The maximum atomic E-state index is 12.3. The quantitative estimate of drug-likeness (QED) is 0.241. The van der Waals surface area contributed by atoms with Crippen LogP contribution in [0.1, 0.15) is 99.0 Å². The molecule has 0 aromatic heterocycles. The van der Waals surface area contributed by atoms with Crippen LogP contribution in [0.25, 0.3) is 0 Å². The van der Waals surface area contributed by atoms with E-state index in [1.807, 2.05) is 42.5 Å². The van der Waals surface area contributed by atoms with Crippen LogP contribution in [-0.2, 0) is 12.8 Å². The van der Waals surface area contributed by atoms with Crippen LogP contribution in [0.15, 0.2) is 42.5 Å². The molecule has 176 valence electrons. The Morgan fingerprint density at radius 1 is 0.719 bits per heavy atom. The Kier molecular flexibility index (Phi) is 13.5. The second kappa shape index (κ2) is 16.2. The zero-order valence-electron chi connectivity index (χ0n) is 19.6. The minimum Gasteiger partial charge on any atom is -0.352 e. The van der Waals surface area contributed by atoms with Crippen LogP contribution < -0.4 is 5.32 Å². The number of hydrogen-bond donors (Lipinski definition) is 1. The molecule has 0 saturated heterocycles. The third-order valence-electron chi connectivity index (χ3n) is 5.99. The van der Waals surface area contributed by atoms with Crippen LogP contribution in [0.4, 0.5) is 0 Å². The first kappa shape index (κ1) is 26.7. The van der Waals surface area contributed by atoms with Gasteiger partial charge in [0.1, 0.15) is 0 Å². The highest BCUT2D eigenvalue weighted by Gasteiger charge is 2.07. The van der Waals surface area contributed by atoms with Crippen LogP contribution in [0.3, 0.4) is 0 Å². The maximum absolute atomic E-state index is 12.3. The summed E-state index contributed by atoms with van der Waals surface area (Å²) in [5.74, 6) is 0.0234. The Morgan fingerprint density at radius 3 is 1.88 bits per heavy atom. The van der Waals surface area contributed by atoms with E-state index in [9.17, 15) is 4.79 Å². The molecule has 1 N–H and O–H groups in total. The number of carbonyl (C=O) groups excluding carboxylic acids is 1.